The SMILES string of the molecule is COC(=O)C1=C(CN2CC(F)(F)C3CN(CC(C)(C)C(O)O)CC32)NC(c2nccs2)=NC1c1cccc(F)c1C. The summed E-state index contributed by atoms with van der Waals surface area (Å²) in [5, 5.41) is 25.0. The van der Waals surface area contributed by atoms with E-state index in [2.05, 4.69) is 10.3 Å². The summed E-state index contributed by atoms with van der Waals surface area (Å²) >= 11 is 1.32. The van der Waals surface area contributed by atoms with Crippen molar-refractivity contribution in [2.75, 3.05) is 39.8 Å². The molecule has 0 radical (unpaired) electrons. The molecule has 0 bridgehead atoms. The standard InChI is InChI=1S/C28H34F3N5O4S/c1-15-16(6-5-7-18(15)29)22-21(25(37)40-4)19(33-23(34-22)24-32-8-9-41-24)11-36-14-28(30,31)17-10-35(12-20(17)36)13-27(2,3)26(38)39/h5-9,17,20,22,26,38-39H,10-14H2,1-4H3,(H,33,34). The van der Waals surface area contributed by atoms with Crippen LogP contribution in [-0.4, -0.2) is 94.9 Å². The van der Waals surface area contributed by atoms with Gasteiger partial charge in [0.2, 0.25) is 0 Å². The molecule has 4 heterocycles. The summed E-state index contributed by atoms with van der Waals surface area (Å²) in [4.78, 5) is 25.8. The zero-order valence-corrected chi connectivity index (χ0v) is 24.1. The molecule has 3 unspecified atom stereocenters. The van der Waals surface area contributed by atoms with Crippen molar-refractivity contribution in [3.8, 4) is 0 Å². The molecule has 3 N–H and O–H groups in total. The number of benzene rings is 1. The van der Waals surface area contributed by atoms with Crippen LogP contribution in [0.4, 0.5) is 13.2 Å². The lowest BCUT2D eigenvalue weighted by Crippen LogP contribution is -2.45. The number of aromatic nitrogens is 1. The van der Waals surface area contributed by atoms with Gasteiger partial charge in [-0.2, -0.15) is 0 Å². The molecule has 1 aromatic carbocycles. The number of alkyl halides is 2. The van der Waals surface area contributed by atoms with Gasteiger partial charge < -0.3 is 25.2 Å². The van der Waals surface area contributed by atoms with E-state index in [1.54, 1.807) is 43.3 Å². The summed E-state index contributed by atoms with van der Waals surface area (Å²) in [6.07, 6.45) is 0.0145. The van der Waals surface area contributed by atoms with E-state index in [9.17, 15) is 19.4 Å². The van der Waals surface area contributed by atoms with Gasteiger partial charge in [-0.1, -0.05) is 26.0 Å². The largest absolute Gasteiger partial charge is 0.466 e. The second kappa shape index (κ2) is 11.1. The van der Waals surface area contributed by atoms with Gasteiger partial charge in [-0.3, -0.25) is 9.89 Å². The summed E-state index contributed by atoms with van der Waals surface area (Å²) in [5.41, 5.74) is 0.328. The van der Waals surface area contributed by atoms with Crippen molar-refractivity contribution in [1.29, 1.82) is 0 Å². The molecule has 41 heavy (non-hydrogen) atoms. The van der Waals surface area contributed by atoms with Gasteiger partial charge in [-0.15, -0.1) is 11.3 Å². The van der Waals surface area contributed by atoms with Gasteiger partial charge >= 0.3 is 5.97 Å². The molecule has 0 saturated carbocycles. The monoisotopic (exact) mass is 593 g/mol. The Kier molecular flexibility index (Phi) is 8.03. The number of hydrogen-bond acceptors (Lipinski definition) is 10. The molecule has 0 spiro atoms. The summed E-state index contributed by atoms with van der Waals surface area (Å²) in [5.74, 6) is -4.76. The lowest BCUT2D eigenvalue weighted by Gasteiger charge is -2.34. The van der Waals surface area contributed by atoms with Gasteiger partial charge in [-0.05, 0) is 24.1 Å². The van der Waals surface area contributed by atoms with Crippen molar-refractivity contribution in [2.45, 2.75) is 45.1 Å². The molecule has 1 aromatic heterocycles. The van der Waals surface area contributed by atoms with Crippen LogP contribution in [0.25, 0.3) is 0 Å². The molecule has 0 amide bonds. The zero-order chi connectivity index (χ0) is 29.7. The zero-order valence-electron chi connectivity index (χ0n) is 23.3. The fraction of sp³-hybridized carbons (Fsp3) is 0.536. The number of rotatable bonds is 8. The Morgan fingerprint density at radius 2 is 2.07 bits per heavy atom. The number of methoxy groups -OCH3 is 1. The second-order valence-corrected chi connectivity index (χ2v) is 12.5. The van der Waals surface area contributed by atoms with E-state index in [0.29, 0.717) is 34.2 Å². The number of likely N-dealkylation sites (tertiary alicyclic amines) is 2. The first-order valence-electron chi connectivity index (χ1n) is 13.3. The first-order chi connectivity index (χ1) is 19.3. The number of carbonyl (C=O) groups is 1. The summed E-state index contributed by atoms with van der Waals surface area (Å²) in [7, 11) is 1.23. The maximum atomic E-state index is 15.4. The molecule has 3 atom stereocenters. The number of aliphatic hydroxyl groups excluding tert-OH is 1. The molecule has 13 heteroatoms. The molecule has 2 aromatic rings. The number of aliphatic imine (C=N–C) groups is 1. The van der Waals surface area contributed by atoms with Crippen LogP contribution in [0, 0.1) is 24.1 Å². The third-order valence-corrected chi connectivity index (χ3v) is 9.03. The quantitative estimate of drug-likeness (QED) is 0.317. The van der Waals surface area contributed by atoms with Gasteiger partial charge in [0.15, 0.2) is 17.1 Å². The molecule has 3 aliphatic rings. The van der Waals surface area contributed by atoms with Crippen molar-refractivity contribution in [3.63, 3.8) is 0 Å². The van der Waals surface area contributed by atoms with Gasteiger partial charge in [0.25, 0.3) is 5.92 Å². The van der Waals surface area contributed by atoms with Crippen LogP contribution >= 0.6 is 11.3 Å². The third-order valence-electron chi connectivity index (χ3n) is 8.25. The Balaban J connectivity index is 1.52. The van der Waals surface area contributed by atoms with Crippen LogP contribution in [0.1, 0.15) is 36.0 Å². The Bertz CT molecular complexity index is 1360. The van der Waals surface area contributed by atoms with E-state index < -0.39 is 54.0 Å². The predicted octanol–water partition coefficient (Wildman–Crippen LogP) is 2.70. The van der Waals surface area contributed by atoms with E-state index in [0.717, 1.165) is 0 Å². The van der Waals surface area contributed by atoms with Gasteiger partial charge in [0.05, 0.1) is 25.1 Å². The number of fused-ring (bicyclic) bond motifs is 1. The van der Waals surface area contributed by atoms with Crippen molar-refractivity contribution < 1.29 is 32.9 Å². The summed E-state index contributed by atoms with van der Waals surface area (Å²) in [6.45, 7) is 5.06. The molecule has 0 aliphatic carbocycles. The average molecular weight is 594 g/mol. The predicted molar refractivity (Wildman–Crippen MR) is 147 cm³/mol. The summed E-state index contributed by atoms with van der Waals surface area (Å²) < 4.78 is 50.5. The van der Waals surface area contributed by atoms with Crippen molar-refractivity contribution >= 4 is 23.1 Å². The lowest BCUT2D eigenvalue weighted by atomic mass is 9.92. The first-order valence-corrected chi connectivity index (χ1v) is 14.2. The Morgan fingerprint density at radius 3 is 2.73 bits per heavy atom. The molecule has 3 aliphatic heterocycles. The second-order valence-electron chi connectivity index (χ2n) is 11.6. The maximum absolute atomic E-state index is 15.4. The number of nitrogens with one attached hydrogen (secondary N) is 1. The lowest BCUT2D eigenvalue weighted by molar-refractivity contribution is -0.136. The molecule has 222 valence electrons. The van der Waals surface area contributed by atoms with Gasteiger partial charge in [-0.25, -0.2) is 22.9 Å². The van der Waals surface area contributed by atoms with Gasteiger partial charge in [0, 0.05) is 54.9 Å². The first kappa shape index (κ1) is 29.6. The number of hydrogen-bond donors (Lipinski definition) is 3. The third kappa shape index (κ3) is 5.65. The molecule has 5 rings (SSSR count). The molecule has 2 saturated heterocycles. The highest BCUT2D eigenvalue weighted by atomic mass is 32.1. The van der Waals surface area contributed by atoms with Crippen molar-refractivity contribution in [1.82, 2.24) is 20.1 Å². The Morgan fingerprint density at radius 1 is 1.32 bits per heavy atom. The minimum absolute atomic E-state index is 0.0314. The smallest absolute Gasteiger partial charge is 0.338 e. The highest BCUT2D eigenvalue weighted by Gasteiger charge is 2.58. The van der Waals surface area contributed by atoms with Crippen molar-refractivity contribution in [3.05, 3.63) is 63.0 Å². The topological polar surface area (TPSA) is 111 Å². The van der Waals surface area contributed by atoms with E-state index in [4.69, 9.17) is 9.73 Å². The van der Waals surface area contributed by atoms with Crippen LogP contribution in [0.3, 0.4) is 0 Å². The normalized spacial score (nSPS) is 24.9. The van der Waals surface area contributed by atoms with Crippen LogP contribution in [0.2, 0.25) is 0 Å². The van der Waals surface area contributed by atoms with Crippen LogP contribution < -0.4 is 5.32 Å². The Hall–Kier alpha value is -2.84. The van der Waals surface area contributed by atoms with Gasteiger partial charge in [0.1, 0.15) is 11.9 Å². The maximum Gasteiger partial charge on any atom is 0.338 e. The number of esters is 1. The number of nitrogens with zero attached hydrogens (tertiary/aromatic N) is 4. The minimum Gasteiger partial charge on any atom is -0.466 e. The molecular formula is C28H34F3N5O4S. The fourth-order valence-corrected chi connectivity index (χ4v) is 6.57. The number of ether oxygens (including phenoxy) is 1. The van der Waals surface area contributed by atoms with Crippen LogP contribution in [-0.2, 0) is 9.53 Å². The number of carbonyl (C=O) groups excluding carboxylic acids is 1. The number of amidine groups is 1. The van der Waals surface area contributed by atoms with E-state index in [1.807, 2.05) is 4.90 Å². The summed E-state index contributed by atoms with van der Waals surface area (Å²) in [6, 6.07) is 3.06. The molecule has 2 fully saturated rings. The average Bonchev–Trinajstić information content (AvgIpc) is 3.63. The molecular weight excluding hydrogens is 559 g/mol. The number of halogens is 3. The number of thiazole rings is 1. The fourth-order valence-electron chi connectivity index (χ4n) is 5.98. The van der Waals surface area contributed by atoms with Crippen LogP contribution in [0.5, 0.6) is 0 Å². The molecule has 9 nitrogen and oxygen atoms in total. The minimum atomic E-state index is -2.99. The van der Waals surface area contributed by atoms with Crippen molar-refractivity contribution in [2.24, 2.45) is 16.3 Å². The highest BCUT2D eigenvalue weighted by molar-refractivity contribution is 7.11. The number of aliphatic hydroxyl groups is 2. The highest BCUT2D eigenvalue weighted by Crippen LogP contribution is 2.44. The van der Waals surface area contributed by atoms with E-state index >= 15 is 8.78 Å². The Labute approximate surface area is 240 Å². The van der Waals surface area contributed by atoms with E-state index in [-0.39, 0.29) is 25.2 Å². The van der Waals surface area contributed by atoms with E-state index in [1.165, 1.54) is 30.6 Å². The van der Waals surface area contributed by atoms with Crippen LogP contribution in [0.15, 0.2) is 46.0 Å².